The first-order valence-corrected chi connectivity index (χ1v) is 7.10. The van der Waals surface area contributed by atoms with Crippen LogP contribution in [0, 0.1) is 0 Å². The lowest BCUT2D eigenvalue weighted by molar-refractivity contribution is -0.137. The van der Waals surface area contributed by atoms with Crippen LogP contribution in [0.1, 0.15) is 32.1 Å². The van der Waals surface area contributed by atoms with Crippen molar-refractivity contribution in [2.75, 3.05) is 39.3 Å². The van der Waals surface area contributed by atoms with Crippen molar-refractivity contribution in [3.63, 3.8) is 0 Å². The van der Waals surface area contributed by atoms with E-state index in [1.54, 1.807) is 0 Å². The average molecular weight is 271 g/mol. The van der Waals surface area contributed by atoms with Crippen molar-refractivity contribution < 1.29 is 14.7 Å². The molecule has 1 saturated heterocycles. The molecule has 0 unspecified atom stereocenters. The van der Waals surface area contributed by atoms with Gasteiger partial charge in [0.05, 0.1) is 6.54 Å². The first-order valence-electron chi connectivity index (χ1n) is 7.10. The summed E-state index contributed by atoms with van der Waals surface area (Å²) in [5, 5.41) is 14.6. The highest BCUT2D eigenvalue weighted by Crippen LogP contribution is 2.02. The van der Waals surface area contributed by atoms with Crippen LogP contribution in [0.5, 0.6) is 0 Å². The van der Waals surface area contributed by atoms with E-state index in [1.165, 1.54) is 0 Å². The Morgan fingerprint density at radius 2 is 1.79 bits per heavy atom. The van der Waals surface area contributed by atoms with E-state index in [2.05, 4.69) is 15.5 Å². The van der Waals surface area contributed by atoms with Crippen molar-refractivity contribution in [3.8, 4) is 0 Å². The number of amides is 1. The molecular formula is C13H25N3O3. The predicted octanol–water partition coefficient (Wildman–Crippen LogP) is 0.0429. The molecule has 1 heterocycles. The fourth-order valence-electron chi connectivity index (χ4n) is 2.11. The Morgan fingerprint density at radius 1 is 1.11 bits per heavy atom. The van der Waals surface area contributed by atoms with E-state index in [0.29, 0.717) is 13.1 Å². The Kier molecular flexibility index (Phi) is 8.16. The third-order valence-electron chi connectivity index (χ3n) is 3.22. The molecule has 0 spiro atoms. The Bertz CT molecular complexity index is 278. The van der Waals surface area contributed by atoms with Crippen molar-refractivity contribution in [1.29, 1.82) is 0 Å². The second kappa shape index (κ2) is 9.75. The highest BCUT2D eigenvalue weighted by Gasteiger charge is 2.12. The molecule has 0 aromatic rings. The fraction of sp³-hybridized carbons (Fsp3) is 0.846. The minimum Gasteiger partial charge on any atom is -0.481 e. The summed E-state index contributed by atoms with van der Waals surface area (Å²) in [6, 6.07) is 0. The van der Waals surface area contributed by atoms with Crippen molar-refractivity contribution in [2.24, 2.45) is 0 Å². The van der Waals surface area contributed by atoms with Crippen molar-refractivity contribution in [3.05, 3.63) is 0 Å². The molecule has 1 fully saturated rings. The zero-order valence-corrected chi connectivity index (χ0v) is 11.5. The topological polar surface area (TPSA) is 81.7 Å². The van der Waals surface area contributed by atoms with Gasteiger partial charge in [0.2, 0.25) is 5.91 Å². The van der Waals surface area contributed by atoms with E-state index >= 15 is 0 Å². The van der Waals surface area contributed by atoms with Gasteiger partial charge in [0, 0.05) is 39.1 Å². The van der Waals surface area contributed by atoms with E-state index in [4.69, 9.17) is 5.11 Å². The van der Waals surface area contributed by atoms with Crippen LogP contribution in [0.25, 0.3) is 0 Å². The summed E-state index contributed by atoms with van der Waals surface area (Å²) in [5.41, 5.74) is 0. The molecule has 1 amide bonds. The Morgan fingerprint density at radius 3 is 2.47 bits per heavy atom. The molecule has 0 bridgehead atoms. The molecular weight excluding hydrogens is 246 g/mol. The lowest BCUT2D eigenvalue weighted by Crippen LogP contribution is -2.47. The first kappa shape index (κ1) is 15.9. The number of carboxylic acids is 1. The number of carbonyl (C=O) groups is 2. The third kappa shape index (κ3) is 8.56. The molecule has 1 aliphatic rings. The minimum absolute atomic E-state index is 0.0902. The number of hydrogen-bond donors (Lipinski definition) is 3. The molecule has 3 N–H and O–H groups in total. The first-order chi connectivity index (χ1) is 9.18. The summed E-state index contributed by atoms with van der Waals surface area (Å²) in [5.74, 6) is -0.642. The molecule has 0 aliphatic carbocycles. The predicted molar refractivity (Wildman–Crippen MR) is 73.0 cm³/mol. The van der Waals surface area contributed by atoms with Gasteiger partial charge in [-0.25, -0.2) is 0 Å². The van der Waals surface area contributed by atoms with E-state index in [0.717, 1.165) is 51.9 Å². The molecule has 0 aromatic carbocycles. The van der Waals surface area contributed by atoms with Gasteiger partial charge >= 0.3 is 5.97 Å². The number of aliphatic carboxylic acids is 1. The summed E-state index contributed by atoms with van der Waals surface area (Å²) in [4.78, 5) is 24.1. The highest BCUT2D eigenvalue weighted by molar-refractivity contribution is 5.77. The fourth-order valence-corrected chi connectivity index (χ4v) is 2.11. The zero-order valence-electron chi connectivity index (χ0n) is 11.5. The van der Waals surface area contributed by atoms with Gasteiger partial charge in [-0.15, -0.1) is 0 Å². The van der Waals surface area contributed by atoms with Gasteiger partial charge in [-0.1, -0.05) is 12.8 Å². The van der Waals surface area contributed by atoms with Gasteiger partial charge < -0.3 is 15.7 Å². The molecule has 19 heavy (non-hydrogen) atoms. The van der Waals surface area contributed by atoms with Crippen molar-refractivity contribution in [2.45, 2.75) is 32.1 Å². The monoisotopic (exact) mass is 271 g/mol. The quantitative estimate of drug-likeness (QED) is 0.516. The van der Waals surface area contributed by atoms with Crippen molar-refractivity contribution >= 4 is 11.9 Å². The number of nitrogens with one attached hydrogen (secondary N) is 2. The Balaban J connectivity index is 1.90. The van der Waals surface area contributed by atoms with Crippen LogP contribution in [-0.2, 0) is 9.59 Å². The Labute approximate surface area is 114 Å². The molecule has 0 atom stereocenters. The van der Waals surface area contributed by atoms with Gasteiger partial charge in [-0.3, -0.25) is 14.5 Å². The van der Waals surface area contributed by atoms with Gasteiger partial charge in [0.15, 0.2) is 0 Å². The number of carbonyl (C=O) groups excluding carboxylic acids is 1. The lowest BCUT2D eigenvalue weighted by Gasteiger charge is -2.26. The third-order valence-corrected chi connectivity index (χ3v) is 3.22. The van der Waals surface area contributed by atoms with Crippen LogP contribution in [0.2, 0.25) is 0 Å². The summed E-state index contributed by atoms with van der Waals surface area (Å²) < 4.78 is 0. The zero-order chi connectivity index (χ0) is 13.9. The number of nitrogens with zero attached hydrogens (tertiary/aromatic N) is 1. The molecule has 0 saturated carbocycles. The highest BCUT2D eigenvalue weighted by atomic mass is 16.4. The SMILES string of the molecule is O=C(O)CCCCCCNC(=O)CN1CCNCC1. The van der Waals surface area contributed by atoms with Gasteiger partial charge in [0.25, 0.3) is 0 Å². The normalized spacial score (nSPS) is 16.2. The molecule has 110 valence electrons. The second-order valence-corrected chi connectivity index (χ2v) is 4.93. The Hall–Kier alpha value is -1.14. The van der Waals surface area contributed by atoms with Gasteiger partial charge in [-0.2, -0.15) is 0 Å². The molecule has 6 heteroatoms. The lowest BCUT2D eigenvalue weighted by atomic mass is 10.1. The summed E-state index contributed by atoms with van der Waals surface area (Å²) >= 11 is 0. The summed E-state index contributed by atoms with van der Waals surface area (Å²) in [6.45, 7) is 4.96. The number of carboxylic acid groups (broad SMARTS) is 1. The van der Waals surface area contributed by atoms with E-state index in [-0.39, 0.29) is 12.3 Å². The molecule has 0 aromatic heterocycles. The van der Waals surface area contributed by atoms with Crippen LogP contribution >= 0.6 is 0 Å². The number of hydrogen-bond acceptors (Lipinski definition) is 4. The molecule has 1 rings (SSSR count). The summed E-state index contributed by atoms with van der Waals surface area (Å²) in [7, 11) is 0. The number of unbranched alkanes of at least 4 members (excludes halogenated alkanes) is 3. The maximum absolute atomic E-state index is 11.6. The molecule has 0 radical (unpaired) electrons. The number of rotatable bonds is 9. The van der Waals surface area contributed by atoms with Gasteiger partial charge in [0.1, 0.15) is 0 Å². The van der Waals surface area contributed by atoms with E-state index in [9.17, 15) is 9.59 Å². The number of piperazine rings is 1. The minimum atomic E-state index is -0.732. The largest absolute Gasteiger partial charge is 0.481 e. The molecule has 6 nitrogen and oxygen atoms in total. The summed E-state index contributed by atoms with van der Waals surface area (Å²) in [6.07, 6.45) is 3.79. The second-order valence-electron chi connectivity index (χ2n) is 4.93. The average Bonchev–Trinajstić information content (AvgIpc) is 2.38. The van der Waals surface area contributed by atoms with Crippen LogP contribution in [0.4, 0.5) is 0 Å². The standard InChI is InChI=1S/C13H25N3O3/c17-12(11-16-9-7-14-8-10-16)15-6-4-2-1-3-5-13(18)19/h14H,1-11H2,(H,15,17)(H,18,19). The van der Waals surface area contributed by atoms with Crippen LogP contribution in [0.15, 0.2) is 0 Å². The van der Waals surface area contributed by atoms with Gasteiger partial charge in [-0.05, 0) is 12.8 Å². The van der Waals surface area contributed by atoms with E-state index in [1.807, 2.05) is 0 Å². The van der Waals surface area contributed by atoms with E-state index < -0.39 is 5.97 Å². The smallest absolute Gasteiger partial charge is 0.303 e. The van der Waals surface area contributed by atoms with Crippen LogP contribution in [-0.4, -0.2) is 61.2 Å². The van der Waals surface area contributed by atoms with Crippen molar-refractivity contribution in [1.82, 2.24) is 15.5 Å². The van der Waals surface area contributed by atoms with Crippen LogP contribution < -0.4 is 10.6 Å². The molecule has 1 aliphatic heterocycles. The van der Waals surface area contributed by atoms with Crippen LogP contribution in [0.3, 0.4) is 0 Å². The maximum atomic E-state index is 11.6. The maximum Gasteiger partial charge on any atom is 0.303 e.